The molecule has 1 amide bonds. The van der Waals surface area contributed by atoms with E-state index in [4.69, 9.17) is 5.21 Å². The van der Waals surface area contributed by atoms with Gasteiger partial charge in [-0.25, -0.2) is 22.3 Å². The molecule has 2 aromatic carbocycles. The Morgan fingerprint density at radius 2 is 1.50 bits per heavy atom. The van der Waals surface area contributed by atoms with Gasteiger partial charge in [-0.1, -0.05) is 0 Å². The van der Waals surface area contributed by atoms with Crippen molar-refractivity contribution in [3.05, 3.63) is 54.1 Å². The van der Waals surface area contributed by atoms with E-state index < -0.39 is 26.0 Å². The third-order valence-corrected chi connectivity index (χ3v) is 5.82. The predicted octanol–water partition coefficient (Wildman–Crippen LogP) is 1.00. The maximum atomic E-state index is 12.7. The standard InChI is InChI=1S/C15H17N3O6S2/c1-18(13-7-3-11(4-8-13)15(19)16-20)26(23,24)14-9-5-12(6-10-14)17-25(2,21)22/h3-10,17,20H,1-2H3,(H,16,19). The van der Waals surface area contributed by atoms with E-state index >= 15 is 0 Å². The number of hydroxylamine groups is 1. The first-order valence-corrected chi connectivity index (χ1v) is 10.5. The van der Waals surface area contributed by atoms with Crippen LogP contribution in [0.15, 0.2) is 53.4 Å². The highest BCUT2D eigenvalue weighted by Gasteiger charge is 2.21. The number of sulfonamides is 2. The first-order valence-electron chi connectivity index (χ1n) is 7.16. The minimum Gasteiger partial charge on any atom is -0.288 e. The molecule has 0 heterocycles. The second kappa shape index (κ2) is 7.32. The molecule has 9 nitrogen and oxygen atoms in total. The molecule has 0 bridgehead atoms. The van der Waals surface area contributed by atoms with Crippen LogP contribution in [-0.2, 0) is 20.0 Å². The third-order valence-electron chi connectivity index (χ3n) is 3.41. The lowest BCUT2D eigenvalue weighted by Gasteiger charge is -2.20. The lowest BCUT2D eigenvalue weighted by atomic mass is 10.2. The molecule has 0 saturated heterocycles. The molecule has 0 saturated carbocycles. The highest BCUT2D eigenvalue weighted by atomic mass is 32.2. The lowest BCUT2D eigenvalue weighted by Crippen LogP contribution is -2.26. The van der Waals surface area contributed by atoms with E-state index in [9.17, 15) is 21.6 Å². The Balaban J connectivity index is 2.27. The van der Waals surface area contributed by atoms with Gasteiger partial charge in [0.05, 0.1) is 16.8 Å². The van der Waals surface area contributed by atoms with Crippen LogP contribution in [0.1, 0.15) is 10.4 Å². The van der Waals surface area contributed by atoms with E-state index in [1.807, 2.05) is 0 Å². The molecular weight excluding hydrogens is 382 g/mol. The monoisotopic (exact) mass is 399 g/mol. The van der Waals surface area contributed by atoms with Gasteiger partial charge in [-0.2, -0.15) is 0 Å². The van der Waals surface area contributed by atoms with Crippen molar-refractivity contribution in [3.63, 3.8) is 0 Å². The fourth-order valence-electron chi connectivity index (χ4n) is 2.09. The predicted molar refractivity (Wildman–Crippen MR) is 96.2 cm³/mol. The molecular formula is C15H17N3O6S2. The second-order valence-corrected chi connectivity index (χ2v) is 9.08. The summed E-state index contributed by atoms with van der Waals surface area (Å²) in [7, 11) is -6.00. The molecule has 0 aliphatic rings. The van der Waals surface area contributed by atoms with Crippen LogP contribution in [-0.4, -0.2) is 41.3 Å². The van der Waals surface area contributed by atoms with E-state index in [0.29, 0.717) is 5.69 Å². The van der Waals surface area contributed by atoms with E-state index in [2.05, 4.69) is 4.72 Å². The van der Waals surface area contributed by atoms with Gasteiger partial charge in [-0.3, -0.25) is 19.0 Å². The summed E-state index contributed by atoms with van der Waals surface area (Å²) in [4.78, 5) is 11.3. The minimum absolute atomic E-state index is 0.0313. The Morgan fingerprint density at radius 3 is 1.96 bits per heavy atom. The Kier molecular flexibility index (Phi) is 5.54. The number of hydrogen-bond acceptors (Lipinski definition) is 6. The van der Waals surface area contributed by atoms with Crippen molar-refractivity contribution in [2.75, 3.05) is 22.3 Å². The van der Waals surface area contributed by atoms with Crippen molar-refractivity contribution in [1.82, 2.24) is 5.48 Å². The van der Waals surface area contributed by atoms with Crippen LogP contribution >= 0.6 is 0 Å². The van der Waals surface area contributed by atoms with E-state index in [1.54, 1.807) is 0 Å². The molecule has 0 fully saturated rings. The molecule has 0 spiro atoms. The van der Waals surface area contributed by atoms with Gasteiger partial charge in [0.2, 0.25) is 10.0 Å². The molecule has 3 N–H and O–H groups in total. The number of rotatable bonds is 6. The normalized spacial score (nSPS) is 11.7. The van der Waals surface area contributed by atoms with Crippen molar-refractivity contribution >= 4 is 37.3 Å². The third kappa shape index (κ3) is 4.50. The van der Waals surface area contributed by atoms with E-state index in [1.165, 1.54) is 61.1 Å². The van der Waals surface area contributed by atoms with Gasteiger partial charge in [0.1, 0.15) is 0 Å². The summed E-state index contributed by atoms with van der Waals surface area (Å²) in [6.07, 6.45) is 0.992. The van der Waals surface area contributed by atoms with Crippen molar-refractivity contribution < 1.29 is 26.8 Å². The molecule has 140 valence electrons. The van der Waals surface area contributed by atoms with Gasteiger partial charge in [0.25, 0.3) is 15.9 Å². The van der Waals surface area contributed by atoms with Gasteiger partial charge in [-0.05, 0) is 48.5 Å². The molecule has 0 aliphatic heterocycles. The van der Waals surface area contributed by atoms with Gasteiger partial charge < -0.3 is 0 Å². The first-order chi connectivity index (χ1) is 12.0. The highest BCUT2D eigenvalue weighted by Crippen LogP contribution is 2.23. The summed E-state index contributed by atoms with van der Waals surface area (Å²) in [5.41, 5.74) is 2.20. The number of nitrogens with one attached hydrogen (secondary N) is 2. The summed E-state index contributed by atoms with van der Waals surface area (Å²) in [5, 5.41) is 8.59. The van der Waals surface area contributed by atoms with Gasteiger partial charge in [0, 0.05) is 18.3 Å². The molecule has 0 radical (unpaired) electrons. The quantitative estimate of drug-likeness (QED) is 0.490. The van der Waals surface area contributed by atoms with Gasteiger partial charge in [-0.15, -0.1) is 0 Å². The fourth-order valence-corrected chi connectivity index (χ4v) is 3.85. The summed E-state index contributed by atoms with van der Waals surface area (Å²) in [6.45, 7) is 0. The van der Waals surface area contributed by atoms with Crippen molar-refractivity contribution in [2.45, 2.75) is 4.90 Å². The zero-order valence-electron chi connectivity index (χ0n) is 13.9. The van der Waals surface area contributed by atoms with Crippen LogP contribution in [0.5, 0.6) is 0 Å². The summed E-state index contributed by atoms with van der Waals surface area (Å²) < 4.78 is 51.0. The van der Waals surface area contributed by atoms with Crippen molar-refractivity contribution in [1.29, 1.82) is 0 Å². The van der Waals surface area contributed by atoms with Gasteiger partial charge in [0.15, 0.2) is 0 Å². The number of carbonyl (C=O) groups excluding carboxylic acids is 1. The fraction of sp³-hybridized carbons (Fsp3) is 0.133. The maximum absolute atomic E-state index is 12.7. The second-order valence-electron chi connectivity index (χ2n) is 5.36. The zero-order chi connectivity index (χ0) is 19.5. The molecule has 2 aromatic rings. The summed E-state index contributed by atoms with van der Waals surface area (Å²) in [6, 6.07) is 10.8. The first kappa shape index (κ1) is 19.7. The molecule has 11 heteroatoms. The Morgan fingerprint density at radius 1 is 0.962 bits per heavy atom. The lowest BCUT2D eigenvalue weighted by molar-refractivity contribution is 0.0706. The maximum Gasteiger partial charge on any atom is 0.274 e. The molecule has 0 atom stereocenters. The molecule has 0 unspecified atom stereocenters. The molecule has 0 aliphatic carbocycles. The number of anilines is 2. The molecule has 2 rings (SSSR count). The average Bonchev–Trinajstić information content (AvgIpc) is 2.59. The topological polar surface area (TPSA) is 133 Å². The Labute approximate surface area is 151 Å². The van der Waals surface area contributed by atoms with Crippen molar-refractivity contribution in [2.24, 2.45) is 0 Å². The smallest absolute Gasteiger partial charge is 0.274 e. The number of hydrogen-bond donors (Lipinski definition) is 3. The van der Waals surface area contributed by atoms with Gasteiger partial charge >= 0.3 is 0 Å². The van der Waals surface area contributed by atoms with Crippen LogP contribution in [0, 0.1) is 0 Å². The largest absolute Gasteiger partial charge is 0.288 e. The minimum atomic E-state index is -3.88. The van der Waals surface area contributed by atoms with Crippen LogP contribution < -0.4 is 14.5 Å². The van der Waals surface area contributed by atoms with E-state index in [-0.39, 0.29) is 16.1 Å². The highest BCUT2D eigenvalue weighted by molar-refractivity contribution is 7.93. The van der Waals surface area contributed by atoms with Crippen LogP contribution in [0.25, 0.3) is 0 Å². The molecule has 0 aromatic heterocycles. The Bertz CT molecular complexity index is 1000. The SMILES string of the molecule is CN(c1ccc(C(=O)NO)cc1)S(=O)(=O)c1ccc(NS(C)(=O)=O)cc1. The summed E-state index contributed by atoms with van der Waals surface area (Å²) in [5.74, 6) is -0.712. The summed E-state index contributed by atoms with van der Waals surface area (Å²) >= 11 is 0. The van der Waals surface area contributed by atoms with Crippen LogP contribution in [0.3, 0.4) is 0 Å². The average molecular weight is 399 g/mol. The zero-order valence-corrected chi connectivity index (χ0v) is 15.5. The molecule has 26 heavy (non-hydrogen) atoms. The van der Waals surface area contributed by atoms with Crippen LogP contribution in [0.4, 0.5) is 11.4 Å². The number of carbonyl (C=O) groups is 1. The number of amides is 1. The number of nitrogens with zero attached hydrogens (tertiary/aromatic N) is 1. The van der Waals surface area contributed by atoms with Crippen molar-refractivity contribution in [3.8, 4) is 0 Å². The van der Waals surface area contributed by atoms with Crippen LogP contribution in [0.2, 0.25) is 0 Å². The Hall–Kier alpha value is -2.63. The van der Waals surface area contributed by atoms with E-state index in [0.717, 1.165) is 10.6 Å². The number of benzene rings is 2.